The van der Waals surface area contributed by atoms with Gasteiger partial charge in [0.2, 0.25) is 5.91 Å². The lowest BCUT2D eigenvalue weighted by Gasteiger charge is -2.11. The first kappa shape index (κ1) is 14.2. The average molecular weight is 242 g/mol. The summed E-state index contributed by atoms with van der Waals surface area (Å²) in [4.78, 5) is 11.2. The molecule has 0 spiro atoms. The van der Waals surface area contributed by atoms with Crippen LogP contribution in [0, 0.1) is 5.92 Å². The van der Waals surface area contributed by atoms with E-state index in [1.54, 1.807) is 0 Å². The predicted molar refractivity (Wildman–Crippen MR) is 54.2 cm³/mol. The van der Waals surface area contributed by atoms with E-state index in [0.717, 1.165) is 0 Å². The Labute approximate surface area is 91.2 Å². The van der Waals surface area contributed by atoms with Crippen LogP contribution in [0.2, 0.25) is 0 Å². The van der Waals surface area contributed by atoms with Crippen molar-refractivity contribution in [3.05, 3.63) is 0 Å². The van der Waals surface area contributed by atoms with E-state index in [2.05, 4.69) is 17.5 Å². The summed E-state index contributed by atoms with van der Waals surface area (Å²) in [5, 5.41) is 2.33. The van der Waals surface area contributed by atoms with Gasteiger partial charge < -0.3 is 11.1 Å². The van der Waals surface area contributed by atoms with Crippen LogP contribution in [-0.4, -0.2) is 23.6 Å². The molecule has 1 amide bonds. The molecule has 1 unspecified atom stereocenters. The molecule has 0 aromatic heterocycles. The van der Waals surface area contributed by atoms with E-state index < -0.39 is 24.4 Å². The molecule has 0 fully saturated rings. The summed E-state index contributed by atoms with van der Waals surface area (Å²) in [5.74, 6) is -1.09. The molecule has 15 heavy (non-hydrogen) atoms. The summed E-state index contributed by atoms with van der Waals surface area (Å²) in [6.45, 7) is 1.48. The van der Waals surface area contributed by atoms with Crippen molar-refractivity contribution in [2.24, 2.45) is 11.7 Å². The molecule has 0 saturated carbocycles. The molecule has 0 rings (SSSR count). The number of nitrogens with two attached hydrogens (primary N) is 1. The van der Waals surface area contributed by atoms with Crippen LogP contribution >= 0.6 is 12.2 Å². The predicted octanol–water partition coefficient (Wildman–Crippen LogP) is 1.37. The molecule has 0 aromatic rings. The summed E-state index contributed by atoms with van der Waals surface area (Å²) in [6, 6.07) is 0. The van der Waals surface area contributed by atoms with Gasteiger partial charge >= 0.3 is 6.18 Å². The second kappa shape index (κ2) is 5.89. The van der Waals surface area contributed by atoms with Crippen molar-refractivity contribution in [1.82, 2.24) is 5.32 Å². The number of carbonyl (C=O) groups is 1. The maximum atomic E-state index is 11.7. The van der Waals surface area contributed by atoms with Crippen LogP contribution in [0.4, 0.5) is 13.2 Å². The van der Waals surface area contributed by atoms with Gasteiger partial charge in [-0.05, 0) is 13.3 Å². The van der Waals surface area contributed by atoms with Crippen LogP contribution in [-0.2, 0) is 4.79 Å². The third-order valence-electron chi connectivity index (χ3n) is 1.76. The topological polar surface area (TPSA) is 55.1 Å². The Hall–Kier alpha value is -0.850. The lowest BCUT2D eigenvalue weighted by molar-refractivity contribution is -0.136. The zero-order chi connectivity index (χ0) is 12.1. The van der Waals surface area contributed by atoms with Gasteiger partial charge in [0.05, 0.1) is 10.9 Å². The summed E-state index contributed by atoms with van der Waals surface area (Å²) < 4.78 is 35.1. The van der Waals surface area contributed by atoms with Gasteiger partial charge in [0.25, 0.3) is 0 Å². The largest absolute Gasteiger partial charge is 0.393 e. The Balaban J connectivity index is 3.69. The van der Waals surface area contributed by atoms with Gasteiger partial charge in [0.1, 0.15) is 0 Å². The van der Waals surface area contributed by atoms with E-state index in [1.807, 2.05) is 0 Å². The zero-order valence-corrected chi connectivity index (χ0v) is 9.04. The van der Waals surface area contributed by atoms with Gasteiger partial charge in [-0.3, -0.25) is 4.79 Å². The monoisotopic (exact) mass is 242 g/mol. The number of hydrogen-bond acceptors (Lipinski definition) is 2. The van der Waals surface area contributed by atoms with Gasteiger partial charge in [0.15, 0.2) is 0 Å². The number of rotatable bonds is 5. The maximum absolute atomic E-state index is 11.7. The molecule has 0 saturated heterocycles. The van der Waals surface area contributed by atoms with Crippen LogP contribution < -0.4 is 11.1 Å². The highest BCUT2D eigenvalue weighted by molar-refractivity contribution is 7.80. The molecule has 7 heteroatoms. The minimum atomic E-state index is -4.18. The SMILES string of the molecule is CC(C(=O)NCCCC(F)(F)F)C(N)=S. The number of halogens is 3. The standard InChI is InChI=1S/C8H13F3N2OS/c1-5(6(12)15)7(14)13-4-2-3-8(9,10)11/h5H,2-4H2,1H3,(H2,12,15)(H,13,14). The van der Waals surface area contributed by atoms with Crippen molar-refractivity contribution in [3.8, 4) is 0 Å². The lowest BCUT2D eigenvalue weighted by Crippen LogP contribution is -2.36. The third kappa shape index (κ3) is 7.12. The van der Waals surface area contributed by atoms with E-state index in [1.165, 1.54) is 6.92 Å². The highest BCUT2D eigenvalue weighted by Crippen LogP contribution is 2.20. The first-order chi connectivity index (χ1) is 6.74. The molecule has 1 atom stereocenters. The van der Waals surface area contributed by atoms with Gasteiger partial charge in [-0.2, -0.15) is 13.2 Å². The third-order valence-corrected chi connectivity index (χ3v) is 2.11. The first-order valence-corrected chi connectivity index (χ1v) is 4.78. The molecule has 0 bridgehead atoms. The Bertz CT molecular complexity index is 243. The number of alkyl halides is 3. The number of hydrogen-bond donors (Lipinski definition) is 2. The summed E-state index contributed by atoms with van der Waals surface area (Å²) in [6.07, 6.45) is -5.23. The van der Waals surface area contributed by atoms with Crippen molar-refractivity contribution in [2.75, 3.05) is 6.54 Å². The van der Waals surface area contributed by atoms with Crippen LogP contribution in [0.5, 0.6) is 0 Å². The molecule has 0 heterocycles. The van der Waals surface area contributed by atoms with E-state index >= 15 is 0 Å². The number of carbonyl (C=O) groups excluding carboxylic acids is 1. The van der Waals surface area contributed by atoms with E-state index in [4.69, 9.17) is 5.73 Å². The smallest absolute Gasteiger partial charge is 0.389 e. The molecule has 88 valence electrons. The highest BCUT2D eigenvalue weighted by atomic mass is 32.1. The maximum Gasteiger partial charge on any atom is 0.389 e. The molecule has 0 aliphatic carbocycles. The molecule has 0 aliphatic heterocycles. The second-order valence-corrected chi connectivity index (χ2v) is 3.61. The van der Waals surface area contributed by atoms with Crippen molar-refractivity contribution in [3.63, 3.8) is 0 Å². The molecular weight excluding hydrogens is 229 g/mol. The van der Waals surface area contributed by atoms with Crippen LogP contribution in [0.15, 0.2) is 0 Å². The zero-order valence-electron chi connectivity index (χ0n) is 8.23. The van der Waals surface area contributed by atoms with Gasteiger partial charge in [-0.25, -0.2) is 0 Å². The molecule has 3 N–H and O–H groups in total. The van der Waals surface area contributed by atoms with Crippen molar-refractivity contribution >= 4 is 23.1 Å². The number of thiocarbonyl (C=S) groups is 1. The Kier molecular flexibility index (Phi) is 5.56. The molecule has 0 radical (unpaired) electrons. The fraction of sp³-hybridized carbons (Fsp3) is 0.750. The van der Waals surface area contributed by atoms with Crippen molar-refractivity contribution in [2.45, 2.75) is 25.9 Å². The number of nitrogens with one attached hydrogen (secondary N) is 1. The van der Waals surface area contributed by atoms with Crippen molar-refractivity contribution < 1.29 is 18.0 Å². The Morgan fingerprint density at radius 3 is 2.47 bits per heavy atom. The summed E-state index contributed by atoms with van der Waals surface area (Å²) >= 11 is 4.57. The molecule has 3 nitrogen and oxygen atoms in total. The summed E-state index contributed by atoms with van der Waals surface area (Å²) in [5.41, 5.74) is 5.20. The van der Waals surface area contributed by atoms with Gasteiger partial charge in [-0.1, -0.05) is 12.2 Å². The Morgan fingerprint density at radius 1 is 1.53 bits per heavy atom. The fourth-order valence-corrected chi connectivity index (χ4v) is 0.890. The summed E-state index contributed by atoms with van der Waals surface area (Å²) in [7, 11) is 0. The van der Waals surface area contributed by atoms with Crippen LogP contribution in [0.3, 0.4) is 0 Å². The van der Waals surface area contributed by atoms with Crippen LogP contribution in [0.25, 0.3) is 0 Å². The van der Waals surface area contributed by atoms with Gasteiger partial charge in [-0.15, -0.1) is 0 Å². The highest BCUT2D eigenvalue weighted by Gasteiger charge is 2.26. The van der Waals surface area contributed by atoms with Crippen LogP contribution in [0.1, 0.15) is 19.8 Å². The molecular formula is C8H13F3N2OS. The average Bonchev–Trinajstić information content (AvgIpc) is 2.09. The quantitative estimate of drug-likeness (QED) is 0.565. The first-order valence-electron chi connectivity index (χ1n) is 4.38. The normalized spacial score (nSPS) is 13.3. The molecule has 0 aromatic carbocycles. The number of amides is 1. The lowest BCUT2D eigenvalue weighted by atomic mass is 10.1. The second-order valence-electron chi connectivity index (χ2n) is 3.13. The molecule has 0 aliphatic rings. The van der Waals surface area contributed by atoms with E-state index in [-0.39, 0.29) is 18.0 Å². The van der Waals surface area contributed by atoms with Crippen molar-refractivity contribution in [1.29, 1.82) is 0 Å². The van der Waals surface area contributed by atoms with E-state index in [0.29, 0.717) is 0 Å². The minimum absolute atomic E-state index is 0.0225. The fourth-order valence-electron chi connectivity index (χ4n) is 0.783. The van der Waals surface area contributed by atoms with E-state index in [9.17, 15) is 18.0 Å². The Morgan fingerprint density at radius 2 is 2.07 bits per heavy atom. The minimum Gasteiger partial charge on any atom is -0.393 e. The van der Waals surface area contributed by atoms with Gasteiger partial charge in [0, 0.05) is 13.0 Å².